The van der Waals surface area contributed by atoms with Crippen molar-refractivity contribution < 1.29 is 14.0 Å². The standard InChI is InChI=1S/C25H25Cl2N3O3/c1-2-5-24(31)30-14-12-29(13-15-30)21-9-8-17(26)16-20(21)28-25(32)23-11-10-22(33-23)18-6-3-4-7-19(18)27/h3-4,6-11,16H,2,5,12-15H2,1H3,(H,28,32). The molecule has 0 saturated carbocycles. The van der Waals surface area contributed by atoms with Crippen molar-refractivity contribution in [2.45, 2.75) is 19.8 Å². The molecule has 1 aromatic heterocycles. The third-order valence-electron chi connectivity index (χ3n) is 5.61. The molecule has 8 heteroatoms. The Morgan fingerprint density at radius 1 is 1.00 bits per heavy atom. The van der Waals surface area contributed by atoms with Crippen molar-refractivity contribution in [2.75, 3.05) is 36.4 Å². The number of hydrogen-bond donors (Lipinski definition) is 1. The summed E-state index contributed by atoms with van der Waals surface area (Å²) in [5, 5.41) is 3.99. The van der Waals surface area contributed by atoms with E-state index in [4.69, 9.17) is 27.6 Å². The molecule has 1 aliphatic heterocycles. The third kappa shape index (κ3) is 5.34. The van der Waals surface area contributed by atoms with Crippen molar-refractivity contribution in [3.05, 3.63) is 70.4 Å². The van der Waals surface area contributed by atoms with Crippen LogP contribution >= 0.6 is 23.2 Å². The Labute approximate surface area is 203 Å². The molecule has 6 nitrogen and oxygen atoms in total. The molecule has 4 rings (SSSR count). The summed E-state index contributed by atoms with van der Waals surface area (Å²) in [6.07, 6.45) is 1.42. The number of amides is 2. The number of anilines is 2. The molecule has 2 heterocycles. The number of nitrogens with one attached hydrogen (secondary N) is 1. The van der Waals surface area contributed by atoms with Crippen LogP contribution < -0.4 is 10.2 Å². The normalized spacial score (nSPS) is 13.8. The maximum absolute atomic E-state index is 13.0. The Bertz CT molecular complexity index is 1150. The largest absolute Gasteiger partial charge is 0.451 e. The summed E-state index contributed by atoms with van der Waals surface area (Å²) in [5.41, 5.74) is 2.17. The van der Waals surface area contributed by atoms with Crippen molar-refractivity contribution in [2.24, 2.45) is 0 Å². The van der Waals surface area contributed by atoms with Gasteiger partial charge in [-0.2, -0.15) is 0 Å². The summed E-state index contributed by atoms with van der Waals surface area (Å²) < 4.78 is 5.78. The number of hydrogen-bond acceptors (Lipinski definition) is 4. The fraction of sp³-hybridized carbons (Fsp3) is 0.280. The second-order valence-electron chi connectivity index (χ2n) is 7.88. The second-order valence-corrected chi connectivity index (χ2v) is 8.72. The predicted molar refractivity (Wildman–Crippen MR) is 132 cm³/mol. The molecule has 2 aromatic carbocycles. The van der Waals surface area contributed by atoms with Crippen LogP contribution in [-0.2, 0) is 4.79 Å². The average molecular weight is 486 g/mol. The van der Waals surface area contributed by atoms with E-state index in [9.17, 15) is 9.59 Å². The number of rotatable bonds is 6. The summed E-state index contributed by atoms with van der Waals surface area (Å²) in [5.74, 6) is 0.498. The van der Waals surface area contributed by atoms with Crippen LogP contribution in [0.3, 0.4) is 0 Å². The zero-order valence-corrected chi connectivity index (χ0v) is 19.8. The molecular formula is C25H25Cl2N3O3. The molecule has 0 aliphatic carbocycles. The monoisotopic (exact) mass is 485 g/mol. The molecule has 0 radical (unpaired) electrons. The summed E-state index contributed by atoms with van der Waals surface area (Å²) in [7, 11) is 0. The van der Waals surface area contributed by atoms with E-state index in [1.807, 2.05) is 36.1 Å². The van der Waals surface area contributed by atoms with Crippen LogP contribution in [0.25, 0.3) is 11.3 Å². The van der Waals surface area contributed by atoms with Gasteiger partial charge in [-0.1, -0.05) is 42.3 Å². The molecule has 0 unspecified atom stereocenters. The van der Waals surface area contributed by atoms with Crippen molar-refractivity contribution >= 4 is 46.4 Å². The predicted octanol–water partition coefficient (Wildman–Crippen LogP) is 5.95. The molecule has 33 heavy (non-hydrogen) atoms. The highest BCUT2D eigenvalue weighted by atomic mass is 35.5. The van der Waals surface area contributed by atoms with E-state index in [0.29, 0.717) is 54.1 Å². The van der Waals surface area contributed by atoms with Crippen LogP contribution in [-0.4, -0.2) is 42.9 Å². The first-order valence-corrected chi connectivity index (χ1v) is 11.7. The zero-order valence-electron chi connectivity index (χ0n) is 18.3. The van der Waals surface area contributed by atoms with Gasteiger partial charge in [-0.25, -0.2) is 0 Å². The molecule has 3 aromatic rings. The molecule has 0 atom stereocenters. The van der Waals surface area contributed by atoms with Crippen molar-refractivity contribution in [1.29, 1.82) is 0 Å². The molecule has 0 spiro atoms. The number of furan rings is 1. The van der Waals surface area contributed by atoms with Crippen molar-refractivity contribution in [3.8, 4) is 11.3 Å². The van der Waals surface area contributed by atoms with Crippen LogP contribution in [0.5, 0.6) is 0 Å². The Kier molecular flexibility index (Phi) is 7.26. The lowest BCUT2D eigenvalue weighted by Gasteiger charge is -2.37. The maximum Gasteiger partial charge on any atom is 0.291 e. The van der Waals surface area contributed by atoms with Crippen LogP contribution in [0.2, 0.25) is 10.0 Å². The molecule has 1 N–H and O–H groups in total. The van der Waals surface area contributed by atoms with Gasteiger partial charge >= 0.3 is 0 Å². The molecule has 1 aliphatic rings. The summed E-state index contributed by atoms with van der Waals surface area (Å²) in [6, 6.07) is 16.1. The minimum absolute atomic E-state index is 0.172. The quantitative estimate of drug-likeness (QED) is 0.468. The number of piperazine rings is 1. The van der Waals surface area contributed by atoms with E-state index >= 15 is 0 Å². The average Bonchev–Trinajstić information content (AvgIpc) is 3.30. The van der Waals surface area contributed by atoms with Gasteiger partial charge in [0.2, 0.25) is 5.91 Å². The van der Waals surface area contributed by atoms with E-state index in [-0.39, 0.29) is 17.6 Å². The summed E-state index contributed by atoms with van der Waals surface area (Å²) in [6.45, 7) is 4.66. The first-order chi connectivity index (χ1) is 16.0. The zero-order chi connectivity index (χ0) is 23.4. The van der Waals surface area contributed by atoms with E-state index < -0.39 is 0 Å². The third-order valence-corrected chi connectivity index (χ3v) is 6.18. The van der Waals surface area contributed by atoms with Gasteiger partial charge in [-0.3, -0.25) is 9.59 Å². The Morgan fingerprint density at radius 3 is 2.48 bits per heavy atom. The van der Waals surface area contributed by atoms with Gasteiger partial charge in [-0.05, 0) is 48.9 Å². The summed E-state index contributed by atoms with van der Waals surface area (Å²) in [4.78, 5) is 29.2. The van der Waals surface area contributed by atoms with E-state index in [1.165, 1.54) is 0 Å². The van der Waals surface area contributed by atoms with Crippen molar-refractivity contribution in [1.82, 2.24) is 4.90 Å². The highest BCUT2D eigenvalue weighted by Crippen LogP contribution is 2.32. The maximum atomic E-state index is 13.0. The van der Waals surface area contributed by atoms with Crippen molar-refractivity contribution in [3.63, 3.8) is 0 Å². The first kappa shape index (κ1) is 23.2. The van der Waals surface area contributed by atoms with E-state index in [1.54, 1.807) is 30.3 Å². The van der Waals surface area contributed by atoms with Gasteiger partial charge in [0, 0.05) is 43.2 Å². The number of nitrogens with zero attached hydrogens (tertiary/aromatic N) is 2. The topological polar surface area (TPSA) is 65.8 Å². The molecule has 0 bridgehead atoms. The van der Waals surface area contributed by atoms with Crippen LogP contribution in [0, 0.1) is 0 Å². The number of carbonyl (C=O) groups excluding carboxylic acids is 2. The fourth-order valence-corrected chi connectivity index (χ4v) is 4.30. The second kappa shape index (κ2) is 10.3. The number of carbonyl (C=O) groups is 2. The molecule has 2 amide bonds. The molecular weight excluding hydrogens is 461 g/mol. The fourth-order valence-electron chi connectivity index (χ4n) is 3.90. The van der Waals surface area contributed by atoms with Gasteiger partial charge < -0.3 is 19.5 Å². The smallest absolute Gasteiger partial charge is 0.291 e. The number of halogens is 2. The Morgan fingerprint density at radius 2 is 1.76 bits per heavy atom. The van der Waals surface area contributed by atoms with Gasteiger partial charge in [0.15, 0.2) is 5.76 Å². The van der Waals surface area contributed by atoms with Gasteiger partial charge in [0.25, 0.3) is 5.91 Å². The Hall–Kier alpha value is -2.96. The SMILES string of the molecule is CCCC(=O)N1CCN(c2ccc(Cl)cc2NC(=O)c2ccc(-c3ccccc3Cl)o2)CC1. The molecule has 1 saturated heterocycles. The minimum Gasteiger partial charge on any atom is -0.451 e. The summed E-state index contributed by atoms with van der Waals surface area (Å²) >= 11 is 12.5. The van der Waals surface area contributed by atoms with Gasteiger partial charge in [0.05, 0.1) is 16.4 Å². The highest BCUT2D eigenvalue weighted by Gasteiger charge is 2.23. The lowest BCUT2D eigenvalue weighted by atomic mass is 10.2. The minimum atomic E-state index is -0.381. The lowest BCUT2D eigenvalue weighted by molar-refractivity contribution is -0.131. The first-order valence-electron chi connectivity index (χ1n) is 10.9. The van der Waals surface area contributed by atoms with Crippen LogP contribution in [0.4, 0.5) is 11.4 Å². The molecule has 1 fully saturated rings. The van der Waals surface area contributed by atoms with Crippen LogP contribution in [0.15, 0.2) is 59.0 Å². The van der Waals surface area contributed by atoms with E-state index in [0.717, 1.165) is 17.7 Å². The Balaban J connectivity index is 1.49. The highest BCUT2D eigenvalue weighted by molar-refractivity contribution is 6.33. The van der Waals surface area contributed by atoms with Crippen LogP contribution in [0.1, 0.15) is 30.3 Å². The lowest BCUT2D eigenvalue weighted by Crippen LogP contribution is -2.48. The van der Waals surface area contributed by atoms with Gasteiger partial charge in [0.1, 0.15) is 5.76 Å². The number of benzene rings is 2. The van der Waals surface area contributed by atoms with E-state index in [2.05, 4.69) is 10.2 Å². The molecule has 172 valence electrons. The van der Waals surface area contributed by atoms with Gasteiger partial charge in [-0.15, -0.1) is 0 Å².